The number of carbonyl (C=O) groups excluding carboxylic acids is 1. The number of rotatable bonds is 3. The van der Waals surface area contributed by atoms with E-state index in [0.717, 1.165) is 32.1 Å². The van der Waals surface area contributed by atoms with Crippen molar-refractivity contribution in [3.8, 4) is 0 Å². The minimum atomic E-state index is -0.181. The van der Waals surface area contributed by atoms with Gasteiger partial charge in [0.25, 0.3) is 5.91 Å². The molecule has 0 unspecified atom stereocenters. The summed E-state index contributed by atoms with van der Waals surface area (Å²) in [6, 6.07) is 0. The molecule has 2 aliphatic rings. The maximum Gasteiger partial charge on any atom is 0.280 e. The standard InChI is InChI=1S/C11H17N5O2/c12-10-9(13-18-14-10)11(17)16-5-3-15(4-6-16)7-8-1-2-8/h8H,1-7H2,(H2,12,14). The molecule has 0 atom stereocenters. The molecular formula is C11H17N5O2. The van der Waals surface area contributed by atoms with Crippen molar-refractivity contribution in [2.45, 2.75) is 12.8 Å². The van der Waals surface area contributed by atoms with Crippen molar-refractivity contribution in [3.05, 3.63) is 5.69 Å². The lowest BCUT2D eigenvalue weighted by Gasteiger charge is -2.34. The van der Waals surface area contributed by atoms with Crippen LogP contribution in [0.4, 0.5) is 5.82 Å². The number of amides is 1. The SMILES string of the molecule is Nc1nonc1C(=O)N1CCN(CC2CC2)CC1. The van der Waals surface area contributed by atoms with Gasteiger partial charge < -0.3 is 10.6 Å². The fourth-order valence-corrected chi connectivity index (χ4v) is 2.29. The molecule has 2 heterocycles. The molecule has 1 saturated carbocycles. The van der Waals surface area contributed by atoms with Crippen LogP contribution >= 0.6 is 0 Å². The number of hydrogen-bond donors (Lipinski definition) is 1. The van der Waals surface area contributed by atoms with Gasteiger partial charge in [0.15, 0.2) is 0 Å². The zero-order chi connectivity index (χ0) is 12.5. The predicted molar refractivity (Wildman–Crippen MR) is 63.8 cm³/mol. The van der Waals surface area contributed by atoms with E-state index in [-0.39, 0.29) is 17.4 Å². The van der Waals surface area contributed by atoms with E-state index in [1.807, 2.05) is 0 Å². The Morgan fingerprint density at radius 2 is 2.00 bits per heavy atom. The molecule has 1 aliphatic heterocycles. The fourth-order valence-electron chi connectivity index (χ4n) is 2.29. The van der Waals surface area contributed by atoms with Crippen molar-refractivity contribution < 1.29 is 9.42 Å². The molecule has 98 valence electrons. The van der Waals surface area contributed by atoms with Crippen LogP contribution in [0.1, 0.15) is 23.3 Å². The molecule has 1 aromatic heterocycles. The van der Waals surface area contributed by atoms with Crippen molar-refractivity contribution in [1.29, 1.82) is 0 Å². The Morgan fingerprint density at radius 1 is 1.28 bits per heavy atom. The van der Waals surface area contributed by atoms with Gasteiger partial charge in [0, 0.05) is 32.7 Å². The van der Waals surface area contributed by atoms with Crippen molar-refractivity contribution in [2.75, 3.05) is 38.5 Å². The minimum Gasteiger partial charge on any atom is -0.379 e. The van der Waals surface area contributed by atoms with Crippen LogP contribution in [0.3, 0.4) is 0 Å². The number of carbonyl (C=O) groups is 1. The summed E-state index contributed by atoms with van der Waals surface area (Å²) < 4.78 is 4.46. The van der Waals surface area contributed by atoms with Crippen LogP contribution in [0.15, 0.2) is 4.63 Å². The maximum atomic E-state index is 12.1. The van der Waals surface area contributed by atoms with Crippen LogP contribution in [0.5, 0.6) is 0 Å². The lowest BCUT2D eigenvalue weighted by atomic mass is 10.2. The van der Waals surface area contributed by atoms with Crippen molar-refractivity contribution in [3.63, 3.8) is 0 Å². The molecule has 0 spiro atoms. The second kappa shape index (κ2) is 4.56. The van der Waals surface area contributed by atoms with Gasteiger partial charge in [-0.2, -0.15) is 0 Å². The molecule has 2 N–H and O–H groups in total. The Bertz CT molecular complexity index is 434. The van der Waals surface area contributed by atoms with E-state index < -0.39 is 0 Å². The maximum absolute atomic E-state index is 12.1. The summed E-state index contributed by atoms with van der Waals surface area (Å²) in [6.45, 7) is 4.46. The first-order valence-corrected chi connectivity index (χ1v) is 6.33. The molecular weight excluding hydrogens is 234 g/mol. The highest BCUT2D eigenvalue weighted by Gasteiger charge is 2.29. The van der Waals surface area contributed by atoms with E-state index in [0.29, 0.717) is 0 Å². The molecule has 18 heavy (non-hydrogen) atoms. The second-order valence-electron chi connectivity index (χ2n) is 5.03. The summed E-state index contributed by atoms with van der Waals surface area (Å²) in [5, 5.41) is 6.98. The number of piperazine rings is 1. The van der Waals surface area contributed by atoms with Gasteiger partial charge in [-0.3, -0.25) is 9.69 Å². The fraction of sp³-hybridized carbons (Fsp3) is 0.727. The number of nitrogens with two attached hydrogens (primary N) is 1. The van der Waals surface area contributed by atoms with Gasteiger partial charge in [-0.05, 0) is 29.1 Å². The van der Waals surface area contributed by atoms with E-state index >= 15 is 0 Å². The van der Waals surface area contributed by atoms with Gasteiger partial charge >= 0.3 is 0 Å². The monoisotopic (exact) mass is 251 g/mol. The Hall–Kier alpha value is -1.63. The molecule has 1 aliphatic carbocycles. The lowest BCUT2D eigenvalue weighted by Crippen LogP contribution is -2.49. The molecule has 7 heteroatoms. The van der Waals surface area contributed by atoms with Crippen molar-refractivity contribution in [2.24, 2.45) is 5.92 Å². The molecule has 0 radical (unpaired) electrons. The third kappa shape index (κ3) is 2.31. The Kier molecular flexibility index (Phi) is 2.91. The van der Waals surface area contributed by atoms with Gasteiger partial charge in [-0.1, -0.05) is 0 Å². The molecule has 7 nitrogen and oxygen atoms in total. The summed E-state index contributed by atoms with van der Waals surface area (Å²) in [5.41, 5.74) is 5.65. The zero-order valence-electron chi connectivity index (χ0n) is 10.2. The summed E-state index contributed by atoms with van der Waals surface area (Å²) in [4.78, 5) is 16.3. The van der Waals surface area contributed by atoms with E-state index in [1.165, 1.54) is 19.4 Å². The average Bonchev–Trinajstić information content (AvgIpc) is 3.09. The number of hydrogen-bond acceptors (Lipinski definition) is 6. The number of aromatic nitrogens is 2. The average molecular weight is 251 g/mol. The quantitative estimate of drug-likeness (QED) is 0.801. The second-order valence-corrected chi connectivity index (χ2v) is 5.03. The summed E-state index contributed by atoms with van der Waals surface area (Å²) in [6.07, 6.45) is 2.72. The molecule has 0 aromatic carbocycles. The largest absolute Gasteiger partial charge is 0.379 e. The molecule has 3 rings (SSSR count). The van der Waals surface area contributed by atoms with E-state index in [1.54, 1.807) is 4.90 Å². The summed E-state index contributed by atoms with van der Waals surface area (Å²) in [5.74, 6) is 0.780. The lowest BCUT2D eigenvalue weighted by molar-refractivity contribution is 0.0622. The van der Waals surface area contributed by atoms with E-state index in [4.69, 9.17) is 5.73 Å². The Morgan fingerprint density at radius 3 is 2.56 bits per heavy atom. The molecule has 1 aromatic rings. The minimum absolute atomic E-state index is 0.0698. The molecule has 0 bridgehead atoms. The van der Waals surface area contributed by atoms with Crippen LogP contribution in [0, 0.1) is 5.92 Å². The van der Waals surface area contributed by atoms with Crippen LogP contribution in [0.2, 0.25) is 0 Å². The zero-order valence-corrected chi connectivity index (χ0v) is 10.2. The van der Waals surface area contributed by atoms with Crippen LogP contribution in [0.25, 0.3) is 0 Å². The molecule has 2 fully saturated rings. The number of nitrogens with zero attached hydrogens (tertiary/aromatic N) is 4. The number of nitrogen functional groups attached to an aromatic ring is 1. The Balaban J connectivity index is 1.55. The van der Waals surface area contributed by atoms with Gasteiger partial charge in [-0.25, -0.2) is 4.63 Å². The molecule has 1 amide bonds. The van der Waals surface area contributed by atoms with Crippen LogP contribution in [-0.2, 0) is 0 Å². The van der Waals surface area contributed by atoms with Crippen LogP contribution in [-0.4, -0.2) is 58.7 Å². The third-order valence-corrected chi connectivity index (χ3v) is 3.59. The van der Waals surface area contributed by atoms with E-state index in [2.05, 4.69) is 19.8 Å². The van der Waals surface area contributed by atoms with Gasteiger partial charge in [0.05, 0.1) is 0 Å². The first kappa shape index (κ1) is 11.5. The van der Waals surface area contributed by atoms with Gasteiger partial charge in [0.2, 0.25) is 11.5 Å². The topological polar surface area (TPSA) is 88.5 Å². The third-order valence-electron chi connectivity index (χ3n) is 3.59. The highest BCUT2D eigenvalue weighted by atomic mass is 16.6. The number of anilines is 1. The van der Waals surface area contributed by atoms with E-state index in [9.17, 15) is 4.79 Å². The van der Waals surface area contributed by atoms with Crippen molar-refractivity contribution >= 4 is 11.7 Å². The summed E-state index contributed by atoms with van der Waals surface area (Å²) in [7, 11) is 0. The van der Waals surface area contributed by atoms with Gasteiger partial charge in [0.1, 0.15) is 0 Å². The predicted octanol–water partition coefficient (Wildman–Crippen LogP) is -0.180. The normalized spacial score (nSPS) is 21.2. The van der Waals surface area contributed by atoms with Crippen molar-refractivity contribution in [1.82, 2.24) is 20.1 Å². The summed E-state index contributed by atoms with van der Waals surface area (Å²) >= 11 is 0. The van der Waals surface area contributed by atoms with Crippen LogP contribution < -0.4 is 5.73 Å². The smallest absolute Gasteiger partial charge is 0.280 e. The first-order chi connectivity index (χ1) is 8.74. The highest BCUT2D eigenvalue weighted by Crippen LogP contribution is 2.29. The molecule has 1 saturated heterocycles. The highest BCUT2D eigenvalue weighted by molar-refractivity contribution is 5.96. The first-order valence-electron chi connectivity index (χ1n) is 6.33. The Labute approximate surface area is 105 Å². The van der Waals surface area contributed by atoms with Gasteiger partial charge in [-0.15, -0.1) is 0 Å².